The van der Waals surface area contributed by atoms with Crippen molar-refractivity contribution in [1.29, 1.82) is 0 Å². The smallest absolute Gasteiger partial charge is 0.250 e. The molecule has 4 N–H and O–H groups in total. The van der Waals surface area contributed by atoms with Gasteiger partial charge in [-0.1, -0.05) is 11.6 Å². The first kappa shape index (κ1) is 11.4. The van der Waals surface area contributed by atoms with Gasteiger partial charge < -0.3 is 11.5 Å². The number of aromatic nitrogens is 2. The number of benzene rings is 1. The van der Waals surface area contributed by atoms with Crippen LogP contribution in [0.3, 0.4) is 0 Å². The Morgan fingerprint density at radius 3 is 2.71 bits per heavy atom. The van der Waals surface area contributed by atoms with E-state index in [1.54, 1.807) is 0 Å². The van der Waals surface area contributed by atoms with E-state index in [0.717, 1.165) is 6.07 Å². The Kier molecular flexibility index (Phi) is 2.72. The van der Waals surface area contributed by atoms with Crippen molar-refractivity contribution in [3.05, 3.63) is 40.8 Å². The number of hydrogen-bond acceptors (Lipinski definition) is 3. The molecule has 0 fully saturated rings. The highest BCUT2D eigenvalue weighted by Gasteiger charge is 2.13. The normalized spacial score (nSPS) is 10.5. The van der Waals surface area contributed by atoms with E-state index in [4.69, 9.17) is 23.1 Å². The predicted molar refractivity (Wildman–Crippen MR) is 61.5 cm³/mol. The Labute approximate surface area is 101 Å². The standard InChI is InChI=1S/C10H8ClFN4O/c11-7-4-16(15-9(7)13)8-2-1-5(12)3-6(8)10(14)17/h1-4H,(H2,13,15)(H2,14,17). The van der Waals surface area contributed by atoms with Crippen molar-refractivity contribution in [2.45, 2.75) is 0 Å². The zero-order valence-corrected chi connectivity index (χ0v) is 9.28. The molecule has 1 heterocycles. The average molecular weight is 255 g/mol. The summed E-state index contributed by atoms with van der Waals surface area (Å²) in [4.78, 5) is 11.2. The van der Waals surface area contributed by atoms with E-state index in [2.05, 4.69) is 5.10 Å². The van der Waals surface area contributed by atoms with Crippen molar-refractivity contribution in [2.75, 3.05) is 5.73 Å². The number of anilines is 1. The number of nitrogens with zero attached hydrogens (tertiary/aromatic N) is 2. The zero-order chi connectivity index (χ0) is 12.6. The van der Waals surface area contributed by atoms with Crippen LogP contribution in [-0.2, 0) is 0 Å². The van der Waals surface area contributed by atoms with Gasteiger partial charge >= 0.3 is 0 Å². The van der Waals surface area contributed by atoms with Crippen LogP contribution in [0.15, 0.2) is 24.4 Å². The maximum absolute atomic E-state index is 13.0. The Morgan fingerprint density at radius 2 is 2.18 bits per heavy atom. The van der Waals surface area contributed by atoms with E-state index in [-0.39, 0.29) is 16.4 Å². The second kappa shape index (κ2) is 4.06. The first-order valence-corrected chi connectivity index (χ1v) is 4.97. The highest BCUT2D eigenvalue weighted by molar-refractivity contribution is 6.32. The lowest BCUT2D eigenvalue weighted by Crippen LogP contribution is -2.15. The number of hydrogen-bond donors (Lipinski definition) is 2. The molecule has 0 saturated carbocycles. The fourth-order valence-corrected chi connectivity index (χ4v) is 1.53. The number of nitrogens with two attached hydrogens (primary N) is 2. The summed E-state index contributed by atoms with van der Waals surface area (Å²) >= 11 is 5.74. The first-order chi connectivity index (χ1) is 7.99. The minimum absolute atomic E-state index is 0.00386. The minimum Gasteiger partial charge on any atom is -0.381 e. The van der Waals surface area contributed by atoms with Crippen LogP contribution in [0.4, 0.5) is 10.2 Å². The Morgan fingerprint density at radius 1 is 1.47 bits per heavy atom. The van der Waals surface area contributed by atoms with Gasteiger partial charge in [0.2, 0.25) is 0 Å². The Bertz CT molecular complexity index is 576. The highest BCUT2D eigenvalue weighted by atomic mass is 35.5. The van der Waals surface area contributed by atoms with Crippen LogP contribution in [0, 0.1) is 5.82 Å². The second-order valence-electron chi connectivity index (χ2n) is 3.33. The molecule has 1 aromatic heterocycles. The molecule has 0 radical (unpaired) electrons. The van der Waals surface area contributed by atoms with E-state index >= 15 is 0 Å². The van der Waals surface area contributed by atoms with Crippen molar-refractivity contribution >= 4 is 23.3 Å². The highest BCUT2D eigenvalue weighted by Crippen LogP contribution is 2.21. The molecular weight excluding hydrogens is 247 g/mol. The summed E-state index contributed by atoms with van der Waals surface area (Å²) in [6, 6.07) is 3.59. The maximum atomic E-state index is 13.0. The fraction of sp³-hybridized carbons (Fsp3) is 0. The number of primary amides is 1. The van der Waals surface area contributed by atoms with Gasteiger partial charge in [-0.05, 0) is 18.2 Å². The summed E-state index contributed by atoms with van der Waals surface area (Å²) in [5, 5.41) is 4.13. The van der Waals surface area contributed by atoms with Crippen LogP contribution in [-0.4, -0.2) is 15.7 Å². The lowest BCUT2D eigenvalue weighted by atomic mass is 10.1. The third kappa shape index (κ3) is 2.07. The molecule has 2 aromatic rings. The molecule has 0 atom stereocenters. The van der Waals surface area contributed by atoms with Gasteiger partial charge in [0.05, 0.1) is 17.4 Å². The summed E-state index contributed by atoms with van der Waals surface area (Å²) in [7, 11) is 0. The molecule has 0 unspecified atom stereocenters. The van der Waals surface area contributed by atoms with E-state index in [1.165, 1.54) is 23.0 Å². The van der Waals surface area contributed by atoms with Gasteiger partial charge in [-0.3, -0.25) is 4.79 Å². The average Bonchev–Trinajstić information content (AvgIpc) is 2.59. The van der Waals surface area contributed by atoms with Crippen LogP contribution >= 0.6 is 11.6 Å². The predicted octanol–water partition coefficient (Wildman–Crippen LogP) is 1.35. The zero-order valence-electron chi connectivity index (χ0n) is 8.52. The molecule has 0 saturated heterocycles. The third-order valence-corrected chi connectivity index (χ3v) is 2.46. The molecule has 0 aliphatic rings. The number of amides is 1. The number of carbonyl (C=O) groups is 1. The molecule has 5 nitrogen and oxygen atoms in total. The molecule has 0 aliphatic heterocycles. The van der Waals surface area contributed by atoms with Crippen LogP contribution in [0.2, 0.25) is 5.02 Å². The van der Waals surface area contributed by atoms with Gasteiger partial charge in [0.15, 0.2) is 5.82 Å². The minimum atomic E-state index is -0.760. The summed E-state index contributed by atoms with van der Waals surface area (Å²) in [5.74, 6) is -1.20. The molecule has 0 bridgehead atoms. The summed E-state index contributed by atoms with van der Waals surface area (Å²) in [6.45, 7) is 0. The lowest BCUT2D eigenvalue weighted by molar-refractivity contribution is 0.0999. The topological polar surface area (TPSA) is 86.9 Å². The van der Waals surface area contributed by atoms with Crippen LogP contribution in [0.25, 0.3) is 5.69 Å². The monoisotopic (exact) mass is 254 g/mol. The molecule has 2 rings (SSSR count). The number of carbonyl (C=O) groups excluding carboxylic acids is 1. The van der Waals surface area contributed by atoms with Gasteiger partial charge in [-0.25, -0.2) is 9.07 Å². The number of rotatable bonds is 2. The van der Waals surface area contributed by atoms with Crippen molar-refractivity contribution in [3.8, 4) is 5.69 Å². The molecule has 7 heteroatoms. The second-order valence-corrected chi connectivity index (χ2v) is 3.74. The van der Waals surface area contributed by atoms with Crippen LogP contribution in [0.5, 0.6) is 0 Å². The lowest BCUT2D eigenvalue weighted by Gasteiger charge is -2.06. The van der Waals surface area contributed by atoms with Gasteiger partial charge in [0.25, 0.3) is 5.91 Å². The quantitative estimate of drug-likeness (QED) is 0.848. The third-order valence-electron chi connectivity index (χ3n) is 2.17. The Hall–Kier alpha value is -2.08. The van der Waals surface area contributed by atoms with Crippen LogP contribution < -0.4 is 11.5 Å². The van der Waals surface area contributed by atoms with Gasteiger partial charge in [0.1, 0.15) is 10.8 Å². The molecule has 88 valence electrons. The molecule has 17 heavy (non-hydrogen) atoms. The fourth-order valence-electron chi connectivity index (χ4n) is 1.40. The molecule has 0 spiro atoms. The summed E-state index contributed by atoms with van der Waals surface area (Å²) < 4.78 is 14.3. The SMILES string of the molecule is NC(=O)c1cc(F)ccc1-n1cc(Cl)c(N)n1. The first-order valence-electron chi connectivity index (χ1n) is 4.59. The van der Waals surface area contributed by atoms with Crippen LogP contribution in [0.1, 0.15) is 10.4 Å². The largest absolute Gasteiger partial charge is 0.381 e. The van der Waals surface area contributed by atoms with Gasteiger partial charge in [-0.2, -0.15) is 0 Å². The summed E-state index contributed by atoms with van der Waals surface area (Å²) in [6.07, 6.45) is 1.41. The molecular formula is C10H8ClFN4O. The van der Waals surface area contributed by atoms with E-state index in [0.29, 0.717) is 5.69 Å². The molecule has 1 amide bonds. The van der Waals surface area contributed by atoms with E-state index in [1.807, 2.05) is 0 Å². The van der Waals surface area contributed by atoms with Crippen molar-refractivity contribution < 1.29 is 9.18 Å². The summed E-state index contributed by atoms with van der Waals surface area (Å²) in [5.41, 5.74) is 11.0. The van der Waals surface area contributed by atoms with Gasteiger partial charge in [-0.15, -0.1) is 5.10 Å². The van der Waals surface area contributed by atoms with Crippen molar-refractivity contribution in [1.82, 2.24) is 9.78 Å². The number of halogens is 2. The number of nitrogen functional groups attached to an aromatic ring is 1. The molecule has 1 aromatic carbocycles. The maximum Gasteiger partial charge on any atom is 0.250 e. The van der Waals surface area contributed by atoms with Gasteiger partial charge in [0, 0.05) is 0 Å². The van der Waals surface area contributed by atoms with E-state index in [9.17, 15) is 9.18 Å². The Balaban J connectivity index is 2.62. The van der Waals surface area contributed by atoms with Crippen molar-refractivity contribution in [2.24, 2.45) is 5.73 Å². The van der Waals surface area contributed by atoms with Crippen molar-refractivity contribution in [3.63, 3.8) is 0 Å². The molecule has 0 aliphatic carbocycles. The van der Waals surface area contributed by atoms with E-state index < -0.39 is 11.7 Å².